The van der Waals surface area contributed by atoms with Gasteiger partial charge in [0.25, 0.3) is 0 Å². The molecule has 1 heterocycles. The Morgan fingerprint density at radius 3 is 2.61 bits per heavy atom. The molecule has 130 valence electrons. The molecule has 1 saturated heterocycles. The summed E-state index contributed by atoms with van der Waals surface area (Å²) in [4.78, 5) is -0.543. The van der Waals surface area contributed by atoms with Gasteiger partial charge in [-0.25, -0.2) is 22.0 Å². The molecule has 0 aromatic heterocycles. The molecular weight excluding hydrogens is 364 g/mol. The summed E-state index contributed by atoms with van der Waals surface area (Å²) < 4.78 is 54.6. The van der Waals surface area contributed by atoms with Crippen LogP contribution in [0.3, 0.4) is 0 Å². The minimum Gasteiger partial charge on any atom is -0.373 e. The molecule has 23 heavy (non-hydrogen) atoms. The summed E-state index contributed by atoms with van der Waals surface area (Å²) in [5, 5.41) is 7.09. The van der Waals surface area contributed by atoms with Crippen LogP contribution in [0.2, 0.25) is 5.02 Å². The fourth-order valence-electron chi connectivity index (χ4n) is 2.84. The molecule has 0 radical (unpaired) electrons. The van der Waals surface area contributed by atoms with E-state index in [-0.39, 0.29) is 9.92 Å². The van der Waals surface area contributed by atoms with Gasteiger partial charge in [-0.05, 0) is 38.6 Å². The number of sulfone groups is 1. The topological polar surface area (TPSA) is 116 Å². The van der Waals surface area contributed by atoms with Gasteiger partial charge in [0, 0.05) is 13.2 Å². The first-order valence-electron chi connectivity index (χ1n) is 6.87. The zero-order valence-electron chi connectivity index (χ0n) is 12.7. The van der Waals surface area contributed by atoms with Crippen LogP contribution in [0.1, 0.15) is 13.3 Å². The highest BCUT2D eigenvalue weighted by Gasteiger charge is 2.48. The minimum atomic E-state index is -4.12. The highest BCUT2D eigenvalue weighted by Crippen LogP contribution is 2.36. The zero-order chi connectivity index (χ0) is 17.5. The van der Waals surface area contributed by atoms with Crippen molar-refractivity contribution in [3.8, 4) is 0 Å². The van der Waals surface area contributed by atoms with E-state index < -0.39 is 35.6 Å². The SMILES string of the molecule is CNCC1(C)OCCC1S(=O)(=O)c1ccc(Cl)c(S(N)(=O)=O)c1. The van der Waals surface area contributed by atoms with Gasteiger partial charge in [-0.2, -0.15) is 0 Å². The van der Waals surface area contributed by atoms with Crippen LogP contribution in [-0.4, -0.2) is 47.9 Å². The Labute approximate surface area is 141 Å². The van der Waals surface area contributed by atoms with Crippen LogP contribution >= 0.6 is 11.6 Å². The van der Waals surface area contributed by atoms with Gasteiger partial charge < -0.3 is 10.1 Å². The number of benzene rings is 1. The van der Waals surface area contributed by atoms with Gasteiger partial charge in [-0.3, -0.25) is 0 Å². The fourth-order valence-corrected chi connectivity index (χ4v) is 6.07. The van der Waals surface area contributed by atoms with Crippen LogP contribution in [0.15, 0.2) is 28.0 Å². The van der Waals surface area contributed by atoms with Crippen molar-refractivity contribution >= 4 is 31.5 Å². The molecule has 3 N–H and O–H groups in total. The second-order valence-corrected chi connectivity index (χ2v) is 9.72. The Morgan fingerprint density at radius 1 is 1.39 bits per heavy atom. The van der Waals surface area contributed by atoms with E-state index in [0.29, 0.717) is 19.6 Å². The Hall–Kier alpha value is -0.710. The maximum absolute atomic E-state index is 12.9. The second-order valence-electron chi connectivity index (χ2n) is 5.65. The van der Waals surface area contributed by atoms with Crippen molar-refractivity contribution in [2.75, 3.05) is 20.2 Å². The molecule has 1 aromatic rings. The number of primary sulfonamides is 1. The Balaban J connectivity index is 2.53. The van der Waals surface area contributed by atoms with E-state index in [9.17, 15) is 16.8 Å². The molecule has 0 bridgehead atoms. The molecule has 0 aliphatic carbocycles. The van der Waals surface area contributed by atoms with E-state index in [1.54, 1.807) is 14.0 Å². The second kappa shape index (κ2) is 6.30. The Bertz CT molecular complexity index is 810. The summed E-state index contributed by atoms with van der Waals surface area (Å²) in [6, 6.07) is 3.51. The molecule has 0 amide bonds. The van der Waals surface area contributed by atoms with E-state index >= 15 is 0 Å². The molecule has 0 spiro atoms. The molecule has 2 rings (SSSR count). The van der Waals surface area contributed by atoms with Crippen LogP contribution in [-0.2, 0) is 24.6 Å². The van der Waals surface area contributed by atoms with E-state index in [2.05, 4.69) is 5.32 Å². The van der Waals surface area contributed by atoms with E-state index in [0.717, 1.165) is 6.07 Å². The first-order valence-corrected chi connectivity index (χ1v) is 10.3. The highest BCUT2D eigenvalue weighted by atomic mass is 35.5. The fraction of sp³-hybridized carbons (Fsp3) is 0.538. The zero-order valence-corrected chi connectivity index (χ0v) is 15.1. The molecule has 10 heteroatoms. The number of sulfonamides is 1. The normalized spacial score (nSPS) is 25.7. The van der Waals surface area contributed by atoms with Crippen molar-refractivity contribution in [1.29, 1.82) is 0 Å². The summed E-state index contributed by atoms with van der Waals surface area (Å²) in [5.74, 6) is 0. The third kappa shape index (κ3) is 3.54. The van der Waals surface area contributed by atoms with E-state index in [1.807, 2.05) is 0 Å². The van der Waals surface area contributed by atoms with Crippen LogP contribution in [0, 0.1) is 0 Å². The smallest absolute Gasteiger partial charge is 0.239 e. The summed E-state index contributed by atoms with van der Waals surface area (Å²) in [6.07, 6.45) is 0.327. The lowest BCUT2D eigenvalue weighted by Gasteiger charge is -2.30. The largest absolute Gasteiger partial charge is 0.373 e. The van der Waals surface area contributed by atoms with E-state index in [4.69, 9.17) is 21.5 Å². The van der Waals surface area contributed by atoms with Crippen LogP contribution in [0.5, 0.6) is 0 Å². The first kappa shape index (κ1) is 18.6. The van der Waals surface area contributed by atoms with Crippen LogP contribution < -0.4 is 10.5 Å². The quantitative estimate of drug-likeness (QED) is 0.767. The van der Waals surface area contributed by atoms with Gasteiger partial charge in [0.05, 0.1) is 20.8 Å². The molecule has 1 aliphatic heterocycles. The molecular formula is C13H19ClN2O5S2. The third-order valence-corrected chi connectivity index (χ3v) is 7.72. The lowest BCUT2D eigenvalue weighted by atomic mass is 10.0. The average Bonchev–Trinajstić information content (AvgIpc) is 2.80. The highest BCUT2D eigenvalue weighted by molar-refractivity contribution is 7.92. The standard InChI is InChI=1S/C13H19ClN2O5S2/c1-13(8-16-2)12(5-6-21-13)22(17,18)9-3-4-10(14)11(7-9)23(15,19)20/h3-4,7,12,16H,5-6,8H2,1-2H3,(H2,15,19,20). The number of nitrogens with one attached hydrogen (secondary N) is 1. The van der Waals surface area contributed by atoms with Gasteiger partial charge in [0.2, 0.25) is 10.0 Å². The van der Waals surface area contributed by atoms with Gasteiger partial charge in [-0.15, -0.1) is 0 Å². The van der Waals surface area contributed by atoms with Crippen LogP contribution in [0.4, 0.5) is 0 Å². The number of halogens is 1. The molecule has 7 nitrogen and oxygen atoms in total. The number of nitrogens with two attached hydrogens (primary N) is 1. The number of hydrogen-bond donors (Lipinski definition) is 2. The van der Waals surface area contributed by atoms with Crippen molar-refractivity contribution < 1.29 is 21.6 Å². The molecule has 2 unspecified atom stereocenters. The number of hydrogen-bond acceptors (Lipinski definition) is 6. The van der Waals surface area contributed by atoms with Gasteiger partial charge >= 0.3 is 0 Å². The minimum absolute atomic E-state index is 0.118. The molecule has 2 atom stereocenters. The molecule has 1 aromatic carbocycles. The molecule has 1 aliphatic rings. The predicted octanol–water partition coefficient (Wildman–Crippen LogP) is 0.528. The van der Waals surface area contributed by atoms with Crippen molar-refractivity contribution in [3.05, 3.63) is 23.2 Å². The van der Waals surface area contributed by atoms with E-state index in [1.165, 1.54) is 12.1 Å². The summed E-state index contributed by atoms with van der Waals surface area (Å²) in [6.45, 7) is 2.39. The summed E-state index contributed by atoms with van der Waals surface area (Å²) >= 11 is 5.81. The molecule has 0 saturated carbocycles. The average molecular weight is 383 g/mol. The van der Waals surface area contributed by atoms with Crippen molar-refractivity contribution in [2.45, 2.75) is 34.0 Å². The number of rotatable bonds is 5. The van der Waals surface area contributed by atoms with Gasteiger partial charge in [-0.1, -0.05) is 11.6 Å². The lowest BCUT2D eigenvalue weighted by Crippen LogP contribution is -2.48. The monoisotopic (exact) mass is 382 g/mol. The van der Waals surface area contributed by atoms with Gasteiger partial charge in [0.15, 0.2) is 9.84 Å². The van der Waals surface area contributed by atoms with Crippen LogP contribution in [0.25, 0.3) is 0 Å². The van der Waals surface area contributed by atoms with Crippen molar-refractivity contribution in [3.63, 3.8) is 0 Å². The molecule has 1 fully saturated rings. The maximum atomic E-state index is 12.9. The predicted molar refractivity (Wildman–Crippen MR) is 86.7 cm³/mol. The Kier molecular flexibility index (Phi) is 5.10. The summed E-state index contributed by atoms with van der Waals surface area (Å²) in [7, 11) is -6.22. The lowest BCUT2D eigenvalue weighted by molar-refractivity contribution is 0.0240. The van der Waals surface area contributed by atoms with Crippen molar-refractivity contribution in [2.24, 2.45) is 5.14 Å². The van der Waals surface area contributed by atoms with Gasteiger partial charge in [0.1, 0.15) is 4.90 Å². The maximum Gasteiger partial charge on any atom is 0.239 e. The number of likely N-dealkylation sites (N-methyl/N-ethyl adjacent to an activating group) is 1. The number of ether oxygens (including phenoxy) is 1. The Morgan fingerprint density at radius 2 is 2.04 bits per heavy atom. The third-order valence-electron chi connectivity index (χ3n) is 3.93. The van der Waals surface area contributed by atoms with Crippen molar-refractivity contribution in [1.82, 2.24) is 5.32 Å². The first-order chi connectivity index (χ1) is 10.5. The summed E-state index contributed by atoms with van der Waals surface area (Å²) in [5.41, 5.74) is -0.894.